The second kappa shape index (κ2) is 6.89. The van der Waals surface area contributed by atoms with E-state index in [0.717, 1.165) is 9.95 Å². The quantitative estimate of drug-likeness (QED) is 0.543. The van der Waals surface area contributed by atoms with Crippen molar-refractivity contribution in [2.45, 2.75) is 6.54 Å². The molecule has 29 heavy (non-hydrogen) atoms. The second-order valence-electron chi connectivity index (χ2n) is 6.51. The van der Waals surface area contributed by atoms with Gasteiger partial charge in [-0.15, -0.1) is 0 Å². The summed E-state index contributed by atoms with van der Waals surface area (Å²) in [4.78, 5) is 45.7. The van der Waals surface area contributed by atoms with Crippen molar-refractivity contribution in [1.82, 2.24) is 23.7 Å². The van der Waals surface area contributed by atoms with Gasteiger partial charge in [0.1, 0.15) is 12.3 Å². The number of rotatable bonds is 4. The number of pyridine rings is 1. The lowest BCUT2D eigenvalue weighted by molar-refractivity contribution is -0.116. The van der Waals surface area contributed by atoms with Crippen LogP contribution >= 0.6 is 0 Å². The van der Waals surface area contributed by atoms with Crippen molar-refractivity contribution in [3.05, 3.63) is 57.6 Å². The Morgan fingerprint density at radius 3 is 2.69 bits per heavy atom. The first-order valence-corrected chi connectivity index (χ1v) is 8.74. The van der Waals surface area contributed by atoms with E-state index >= 15 is 0 Å². The lowest BCUT2D eigenvalue weighted by Crippen LogP contribution is -2.37. The number of amides is 1. The van der Waals surface area contributed by atoms with E-state index in [-0.39, 0.29) is 23.6 Å². The van der Waals surface area contributed by atoms with E-state index in [1.807, 2.05) is 6.07 Å². The van der Waals surface area contributed by atoms with Crippen molar-refractivity contribution in [3.63, 3.8) is 0 Å². The number of hydrogen-bond acceptors (Lipinski definition) is 6. The zero-order valence-corrected chi connectivity index (χ0v) is 16.0. The molecule has 4 aromatic rings. The maximum atomic E-state index is 12.7. The molecule has 0 spiro atoms. The number of hydrogen-bond donors (Lipinski definition) is 1. The maximum Gasteiger partial charge on any atom is 0.332 e. The van der Waals surface area contributed by atoms with Crippen molar-refractivity contribution >= 4 is 33.7 Å². The highest BCUT2D eigenvalue weighted by Crippen LogP contribution is 2.29. The van der Waals surface area contributed by atoms with Crippen LogP contribution in [0.25, 0.3) is 22.1 Å². The Hall–Kier alpha value is -3.95. The second-order valence-corrected chi connectivity index (χ2v) is 6.51. The summed E-state index contributed by atoms with van der Waals surface area (Å²) in [6.07, 6.45) is 3.00. The molecule has 0 atom stereocenters. The molecule has 0 aliphatic rings. The SMILES string of the molecule is COc1ccc(NC(=O)Cn2cnc3c2c(=O)n(C)c(=O)n3C)c2ncccc12. The van der Waals surface area contributed by atoms with Crippen LogP contribution in [0, 0.1) is 0 Å². The van der Waals surface area contributed by atoms with Gasteiger partial charge in [-0.2, -0.15) is 0 Å². The Bertz CT molecular complexity index is 1380. The number of aromatic nitrogens is 5. The van der Waals surface area contributed by atoms with Crippen LogP contribution in [0.15, 0.2) is 46.4 Å². The van der Waals surface area contributed by atoms with Gasteiger partial charge in [-0.25, -0.2) is 9.78 Å². The maximum absolute atomic E-state index is 12.7. The monoisotopic (exact) mass is 394 g/mol. The molecule has 10 heteroatoms. The molecule has 0 fully saturated rings. The Labute approximate surface area is 164 Å². The number of fused-ring (bicyclic) bond motifs is 2. The molecule has 0 unspecified atom stereocenters. The molecular formula is C19H18N6O4. The molecule has 1 amide bonds. The number of carbonyl (C=O) groups excluding carboxylic acids is 1. The van der Waals surface area contributed by atoms with Gasteiger partial charge in [0, 0.05) is 25.7 Å². The average Bonchev–Trinajstić information content (AvgIpc) is 3.14. The summed E-state index contributed by atoms with van der Waals surface area (Å²) in [5.41, 5.74) is 0.535. The van der Waals surface area contributed by atoms with Crippen LogP contribution in [0.3, 0.4) is 0 Å². The molecule has 0 saturated carbocycles. The van der Waals surface area contributed by atoms with E-state index in [1.165, 1.54) is 29.6 Å². The summed E-state index contributed by atoms with van der Waals surface area (Å²) >= 11 is 0. The number of ether oxygens (including phenoxy) is 1. The predicted molar refractivity (Wildman–Crippen MR) is 107 cm³/mol. The summed E-state index contributed by atoms with van der Waals surface area (Å²) in [6.45, 7) is -0.149. The minimum Gasteiger partial charge on any atom is -0.496 e. The molecule has 0 saturated heterocycles. The molecule has 3 heterocycles. The van der Waals surface area contributed by atoms with Crippen molar-refractivity contribution in [2.75, 3.05) is 12.4 Å². The van der Waals surface area contributed by atoms with Gasteiger partial charge in [0.05, 0.1) is 24.6 Å². The lowest BCUT2D eigenvalue weighted by atomic mass is 10.1. The minimum absolute atomic E-state index is 0.149. The van der Waals surface area contributed by atoms with Crippen molar-refractivity contribution in [3.8, 4) is 5.75 Å². The van der Waals surface area contributed by atoms with Crippen molar-refractivity contribution in [2.24, 2.45) is 14.1 Å². The standard InChI is InChI=1S/C19H18N6O4/c1-23-17-16(18(27)24(2)19(23)28)25(10-21-17)9-14(26)22-12-6-7-13(29-3)11-5-4-8-20-15(11)12/h4-8,10H,9H2,1-3H3,(H,22,26). The topological polar surface area (TPSA) is 113 Å². The normalized spacial score (nSPS) is 11.1. The van der Waals surface area contributed by atoms with Crippen LogP contribution in [0.4, 0.5) is 5.69 Å². The molecule has 10 nitrogen and oxygen atoms in total. The molecule has 4 rings (SSSR count). The number of benzene rings is 1. The van der Waals surface area contributed by atoms with Gasteiger partial charge in [0.2, 0.25) is 5.91 Å². The highest BCUT2D eigenvalue weighted by molar-refractivity contribution is 6.02. The van der Waals surface area contributed by atoms with E-state index in [1.54, 1.807) is 31.5 Å². The van der Waals surface area contributed by atoms with E-state index < -0.39 is 11.2 Å². The van der Waals surface area contributed by atoms with E-state index in [2.05, 4.69) is 15.3 Å². The predicted octanol–water partition coefficient (Wildman–Crippen LogP) is 0.629. The van der Waals surface area contributed by atoms with Crippen LogP contribution in [-0.2, 0) is 25.4 Å². The fraction of sp³-hybridized carbons (Fsp3) is 0.211. The molecule has 0 aliphatic heterocycles. The van der Waals surface area contributed by atoms with Gasteiger partial charge in [-0.05, 0) is 24.3 Å². The van der Waals surface area contributed by atoms with Crippen LogP contribution in [0.2, 0.25) is 0 Å². The molecule has 3 aromatic heterocycles. The number of carbonyl (C=O) groups is 1. The molecule has 1 aromatic carbocycles. The summed E-state index contributed by atoms with van der Waals surface area (Å²) in [5, 5.41) is 3.58. The Morgan fingerprint density at radius 2 is 1.93 bits per heavy atom. The highest BCUT2D eigenvalue weighted by Gasteiger charge is 2.17. The number of aryl methyl sites for hydroxylation is 1. The van der Waals surface area contributed by atoms with E-state index in [9.17, 15) is 14.4 Å². The largest absolute Gasteiger partial charge is 0.496 e. The third-order valence-electron chi connectivity index (χ3n) is 4.75. The first-order valence-electron chi connectivity index (χ1n) is 8.74. The van der Waals surface area contributed by atoms with Gasteiger partial charge in [0.15, 0.2) is 11.2 Å². The number of nitrogens with zero attached hydrogens (tertiary/aromatic N) is 5. The molecular weight excluding hydrogens is 376 g/mol. The summed E-state index contributed by atoms with van der Waals surface area (Å²) in [6, 6.07) is 7.09. The third kappa shape index (κ3) is 2.94. The van der Waals surface area contributed by atoms with Crippen LogP contribution in [-0.4, -0.2) is 36.7 Å². The Balaban J connectivity index is 1.70. The molecule has 0 radical (unpaired) electrons. The molecule has 0 bridgehead atoms. The number of methoxy groups -OCH3 is 1. The van der Waals surface area contributed by atoms with Crippen LogP contribution in [0.5, 0.6) is 5.75 Å². The van der Waals surface area contributed by atoms with Crippen LogP contribution in [0.1, 0.15) is 0 Å². The lowest BCUT2D eigenvalue weighted by Gasteiger charge is -2.11. The fourth-order valence-electron chi connectivity index (χ4n) is 3.29. The average molecular weight is 394 g/mol. The number of anilines is 1. The van der Waals surface area contributed by atoms with Crippen molar-refractivity contribution < 1.29 is 9.53 Å². The third-order valence-corrected chi connectivity index (χ3v) is 4.75. The smallest absolute Gasteiger partial charge is 0.332 e. The number of imidazole rings is 1. The van der Waals surface area contributed by atoms with E-state index in [0.29, 0.717) is 17.0 Å². The van der Waals surface area contributed by atoms with Crippen LogP contribution < -0.4 is 21.3 Å². The summed E-state index contributed by atoms with van der Waals surface area (Å²) < 4.78 is 9.01. The van der Waals surface area contributed by atoms with Gasteiger partial charge in [-0.1, -0.05) is 0 Å². The van der Waals surface area contributed by atoms with Gasteiger partial charge >= 0.3 is 5.69 Å². The van der Waals surface area contributed by atoms with Gasteiger partial charge in [0.25, 0.3) is 5.56 Å². The molecule has 148 valence electrons. The Morgan fingerprint density at radius 1 is 1.14 bits per heavy atom. The highest BCUT2D eigenvalue weighted by atomic mass is 16.5. The number of nitrogens with one attached hydrogen (secondary N) is 1. The first kappa shape index (κ1) is 18.4. The summed E-state index contributed by atoms with van der Waals surface area (Å²) in [7, 11) is 4.48. The summed E-state index contributed by atoms with van der Waals surface area (Å²) in [5.74, 6) is 0.286. The van der Waals surface area contributed by atoms with Gasteiger partial charge < -0.3 is 14.6 Å². The fourth-order valence-corrected chi connectivity index (χ4v) is 3.29. The molecule has 1 N–H and O–H groups in total. The van der Waals surface area contributed by atoms with E-state index in [4.69, 9.17) is 4.74 Å². The zero-order valence-electron chi connectivity index (χ0n) is 16.0. The Kier molecular flexibility index (Phi) is 4.38. The minimum atomic E-state index is -0.509. The van der Waals surface area contributed by atoms with Crippen molar-refractivity contribution in [1.29, 1.82) is 0 Å². The molecule has 0 aliphatic carbocycles. The zero-order chi connectivity index (χ0) is 20.7. The first-order chi connectivity index (χ1) is 13.9. The van der Waals surface area contributed by atoms with Gasteiger partial charge in [-0.3, -0.25) is 23.7 Å².